The summed E-state index contributed by atoms with van der Waals surface area (Å²) in [6.07, 6.45) is 26.0. The molecule has 0 aromatic rings. The molecule has 7 nitrogen and oxygen atoms in total. The topological polar surface area (TPSA) is 111 Å². The predicted octanol–water partition coefficient (Wildman–Crippen LogP) is 1.02. The van der Waals surface area contributed by atoms with Crippen LogP contribution in [0.15, 0.2) is 46.7 Å². The van der Waals surface area contributed by atoms with Gasteiger partial charge in [0.15, 0.2) is 5.66 Å². The summed E-state index contributed by atoms with van der Waals surface area (Å²) < 4.78 is 31.3. The van der Waals surface area contributed by atoms with Crippen molar-refractivity contribution in [3.05, 3.63) is 36.5 Å². The average Bonchev–Trinajstić information content (AvgIpc) is 3.44. The van der Waals surface area contributed by atoms with Crippen LogP contribution in [0.3, 0.4) is 0 Å². The van der Waals surface area contributed by atoms with E-state index in [9.17, 15) is 17.8 Å². The first-order valence-corrected chi connectivity index (χ1v) is 12.0. The predicted molar refractivity (Wildman–Crippen MR) is 118 cm³/mol. The molecule has 1 rings (SSSR count). The molecule has 31 heavy (non-hydrogen) atoms. The summed E-state index contributed by atoms with van der Waals surface area (Å²) in [6, 6.07) is 0. The van der Waals surface area contributed by atoms with E-state index < -0.39 is 15.9 Å². The van der Waals surface area contributed by atoms with Gasteiger partial charge >= 0.3 is 51.4 Å². The molecule has 0 aromatic carbocycles. The fourth-order valence-corrected chi connectivity index (χ4v) is 3.10. The molecule has 0 atom stereocenters. The number of hydrogen-bond acceptors (Lipinski definition) is 6. The molecule has 0 bridgehead atoms. The van der Waals surface area contributed by atoms with E-state index in [2.05, 4.69) is 51.8 Å². The third kappa shape index (κ3) is 18.6. The summed E-state index contributed by atoms with van der Waals surface area (Å²) in [5, 5.41) is 10.8. The van der Waals surface area contributed by atoms with E-state index >= 15 is 0 Å². The summed E-state index contributed by atoms with van der Waals surface area (Å²) in [4.78, 5) is 11.5. The maximum atomic E-state index is 11.5. The van der Waals surface area contributed by atoms with Crippen LogP contribution in [0.1, 0.15) is 64.2 Å². The molecular formula is C22H32KN3O4S. The number of terminal acetylenes is 1. The zero-order chi connectivity index (χ0) is 22.1. The molecule has 0 radical (unpaired) electrons. The number of rotatable bonds is 17. The van der Waals surface area contributed by atoms with Crippen molar-refractivity contribution in [2.75, 3.05) is 12.3 Å². The summed E-state index contributed by atoms with van der Waals surface area (Å²) in [6.45, 7) is -0.127. The maximum Gasteiger partial charge on any atom is 1.00 e. The number of hydrogen-bond donors (Lipinski definition) is 1. The monoisotopic (exact) mass is 473 g/mol. The largest absolute Gasteiger partial charge is 1.00 e. The second-order valence-corrected chi connectivity index (χ2v) is 8.69. The van der Waals surface area contributed by atoms with Crippen molar-refractivity contribution in [1.29, 1.82) is 0 Å². The molecule has 0 aromatic heterocycles. The van der Waals surface area contributed by atoms with Crippen molar-refractivity contribution in [1.82, 2.24) is 5.32 Å². The molecule has 1 amide bonds. The van der Waals surface area contributed by atoms with E-state index in [4.69, 9.17) is 6.42 Å². The third-order valence-electron chi connectivity index (χ3n) is 4.49. The molecule has 1 aliphatic rings. The molecule has 9 heteroatoms. The standard InChI is InChI=1S/C22H33N3O4S.K/c1-2-3-14-17-22(24-25-22)18-15-12-10-8-6-4-5-7-9-11-13-16-21(26)23-19-20-30(27,28)29;/h1,4,6-7,9-10,12H,3,5,8,11,13-20H2,(H,23,26)(H,27,28,29);/q;+1/p-1. The van der Waals surface area contributed by atoms with Gasteiger partial charge in [-0.2, -0.15) is 10.2 Å². The van der Waals surface area contributed by atoms with E-state index in [1.54, 1.807) is 0 Å². The van der Waals surface area contributed by atoms with Gasteiger partial charge in [0, 0.05) is 19.4 Å². The zero-order valence-electron chi connectivity index (χ0n) is 18.5. The number of carbonyl (C=O) groups is 1. The average molecular weight is 474 g/mol. The minimum Gasteiger partial charge on any atom is -0.748 e. The summed E-state index contributed by atoms with van der Waals surface area (Å²) in [7, 11) is -4.27. The van der Waals surface area contributed by atoms with E-state index in [1.807, 2.05) is 6.08 Å². The zero-order valence-corrected chi connectivity index (χ0v) is 22.4. The number of amides is 1. The first-order chi connectivity index (χ1) is 14.4. The Balaban J connectivity index is 0.00000900. The van der Waals surface area contributed by atoms with Crippen molar-refractivity contribution < 1.29 is 69.1 Å². The van der Waals surface area contributed by atoms with Gasteiger partial charge in [0.2, 0.25) is 5.91 Å². The molecule has 1 N–H and O–H groups in total. The van der Waals surface area contributed by atoms with E-state index in [0.29, 0.717) is 12.8 Å². The first kappa shape index (κ1) is 30.4. The van der Waals surface area contributed by atoms with Crippen LogP contribution in [0.25, 0.3) is 0 Å². The maximum absolute atomic E-state index is 11.5. The molecular weight excluding hydrogens is 441 g/mol. The smallest absolute Gasteiger partial charge is 0.748 e. The van der Waals surface area contributed by atoms with E-state index in [-0.39, 0.29) is 69.5 Å². The Hall–Kier alpha value is -0.604. The van der Waals surface area contributed by atoms with Crippen LogP contribution >= 0.6 is 0 Å². The first-order valence-electron chi connectivity index (χ1n) is 10.4. The second-order valence-electron chi connectivity index (χ2n) is 7.17. The molecule has 0 spiro atoms. The van der Waals surface area contributed by atoms with Crippen molar-refractivity contribution >= 4 is 16.0 Å². The summed E-state index contributed by atoms with van der Waals surface area (Å²) in [5.41, 5.74) is -0.153. The Morgan fingerprint density at radius 1 is 1.00 bits per heavy atom. The fourth-order valence-electron chi connectivity index (χ4n) is 2.75. The minimum absolute atomic E-state index is 0. The van der Waals surface area contributed by atoms with Gasteiger partial charge in [-0.25, -0.2) is 8.42 Å². The van der Waals surface area contributed by atoms with Crippen molar-refractivity contribution in [3.8, 4) is 12.3 Å². The van der Waals surface area contributed by atoms with Gasteiger partial charge in [0.1, 0.15) is 0 Å². The van der Waals surface area contributed by atoms with Gasteiger partial charge in [0.05, 0.1) is 15.9 Å². The summed E-state index contributed by atoms with van der Waals surface area (Å²) in [5.74, 6) is 1.84. The quantitative estimate of drug-likeness (QED) is 0.112. The third-order valence-corrected chi connectivity index (χ3v) is 5.19. The summed E-state index contributed by atoms with van der Waals surface area (Å²) >= 11 is 0. The normalized spacial score (nSPS) is 14.7. The number of carbonyl (C=O) groups excluding carboxylic acids is 1. The van der Waals surface area contributed by atoms with Gasteiger partial charge in [-0.3, -0.25) is 4.79 Å². The molecule has 1 aliphatic heterocycles. The van der Waals surface area contributed by atoms with Crippen LogP contribution in [0.4, 0.5) is 0 Å². The SMILES string of the molecule is C#CCCCC1(CCC=CCC=CCC=CCCCC(=O)NCCS(=O)(=O)[O-])N=N1.[K+]. The molecule has 0 unspecified atom stereocenters. The van der Waals surface area contributed by atoms with E-state index in [0.717, 1.165) is 51.4 Å². The van der Waals surface area contributed by atoms with Gasteiger partial charge in [-0.1, -0.05) is 36.5 Å². The Kier molecular flexibility index (Phi) is 17.5. The molecule has 0 saturated carbocycles. The molecule has 166 valence electrons. The van der Waals surface area contributed by atoms with Gasteiger partial charge < -0.3 is 9.87 Å². The van der Waals surface area contributed by atoms with Gasteiger partial charge in [0.25, 0.3) is 0 Å². The van der Waals surface area contributed by atoms with Crippen LogP contribution in [-0.4, -0.2) is 36.8 Å². The Morgan fingerprint density at radius 3 is 2.19 bits per heavy atom. The van der Waals surface area contributed by atoms with Crippen LogP contribution in [0, 0.1) is 12.3 Å². The van der Waals surface area contributed by atoms with Gasteiger partial charge in [-0.05, 0) is 51.4 Å². The minimum atomic E-state index is -4.27. The second kappa shape index (κ2) is 17.9. The van der Waals surface area contributed by atoms with Crippen molar-refractivity contribution in [2.45, 2.75) is 69.9 Å². The van der Waals surface area contributed by atoms with Crippen LogP contribution in [-0.2, 0) is 14.9 Å². The number of nitrogens with one attached hydrogen (secondary N) is 1. The number of unbranched alkanes of at least 4 members (excludes halogenated alkanes) is 2. The van der Waals surface area contributed by atoms with Crippen LogP contribution in [0.5, 0.6) is 0 Å². The van der Waals surface area contributed by atoms with Crippen molar-refractivity contribution in [3.63, 3.8) is 0 Å². The Bertz CT molecular complexity index is 777. The van der Waals surface area contributed by atoms with Crippen LogP contribution in [0.2, 0.25) is 0 Å². The molecule has 0 fully saturated rings. The van der Waals surface area contributed by atoms with Crippen molar-refractivity contribution in [2.24, 2.45) is 10.2 Å². The fraction of sp³-hybridized carbons (Fsp3) is 0.591. The number of allylic oxidation sites excluding steroid dienone is 6. The molecule has 0 aliphatic carbocycles. The molecule has 1 heterocycles. The number of nitrogens with zero attached hydrogens (tertiary/aromatic N) is 2. The molecule has 0 saturated heterocycles. The Labute approximate surface area is 229 Å². The Morgan fingerprint density at radius 2 is 1.61 bits per heavy atom. The van der Waals surface area contributed by atoms with Crippen LogP contribution < -0.4 is 56.7 Å². The van der Waals surface area contributed by atoms with E-state index in [1.165, 1.54) is 0 Å². The van der Waals surface area contributed by atoms with Gasteiger partial charge in [-0.15, -0.1) is 12.3 Å².